The average molecular weight is 388 g/mol. The van der Waals surface area contributed by atoms with E-state index in [1.807, 2.05) is 35.2 Å². The lowest BCUT2D eigenvalue weighted by molar-refractivity contribution is 0.0683. The van der Waals surface area contributed by atoms with Crippen LogP contribution in [-0.4, -0.2) is 70.0 Å². The Kier molecular flexibility index (Phi) is 6.27. The minimum absolute atomic E-state index is 0.0806. The van der Waals surface area contributed by atoms with Crippen LogP contribution in [0.3, 0.4) is 0 Å². The molecule has 0 atom stereocenters. The summed E-state index contributed by atoms with van der Waals surface area (Å²) in [6.07, 6.45) is 0. The van der Waals surface area contributed by atoms with E-state index in [4.69, 9.17) is 9.84 Å². The summed E-state index contributed by atoms with van der Waals surface area (Å²) in [6, 6.07) is 9.21. The number of carboxylic acids is 1. The van der Waals surface area contributed by atoms with Gasteiger partial charge in [0, 0.05) is 39.8 Å². The van der Waals surface area contributed by atoms with E-state index in [2.05, 4.69) is 9.88 Å². The fourth-order valence-corrected chi connectivity index (χ4v) is 3.17. The Morgan fingerprint density at radius 3 is 2.46 bits per heavy atom. The van der Waals surface area contributed by atoms with Gasteiger partial charge in [-0.1, -0.05) is 30.3 Å². The normalized spacial score (nSPS) is 14.9. The highest BCUT2D eigenvalue weighted by Gasteiger charge is 2.26. The van der Waals surface area contributed by atoms with Gasteiger partial charge in [0.2, 0.25) is 11.7 Å². The van der Waals surface area contributed by atoms with Gasteiger partial charge in [-0.2, -0.15) is 0 Å². The van der Waals surface area contributed by atoms with Gasteiger partial charge in [-0.25, -0.2) is 9.78 Å². The molecule has 0 saturated carbocycles. The lowest BCUT2D eigenvalue weighted by Crippen LogP contribution is -2.49. The molecule has 0 radical (unpaired) electrons. The van der Waals surface area contributed by atoms with Gasteiger partial charge < -0.3 is 19.8 Å². The van der Waals surface area contributed by atoms with Gasteiger partial charge in [0.25, 0.3) is 5.56 Å². The van der Waals surface area contributed by atoms with Gasteiger partial charge in [-0.05, 0) is 5.56 Å². The summed E-state index contributed by atoms with van der Waals surface area (Å²) in [7, 11) is 1.56. The van der Waals surface area contributed by atoms with E-state index in [0.29, 0.717) is 38.7 Å². The second kappa shape index (κ2) is 8.85. The number of anilines is 1. The number of nitrogens with zero attached hydrogens (tertiary/aromatic N) is 4. The quantitative estimate of drug-likeness (QED) is 0.691. The monoisotopic (exact) mass is 388 g/mol. The summed E-state index contributed by atoms with van der Waals surface area (Å²) in [6.45, 7) is 3.33. The van der Waals surface area contributed by atoms with Gasteiger partial charge in [0.05, 0.1) is 6.61 Å². The van der Waals surface area contributed by atoms with Crippen molar-refractivity contribution in [2.45, 2.75) is 6.61 Å². The maximum Gasteiger partial charge on any atom is 0.358 e. The van der Waals surface area contributed by atoms with Crippen molar-refractivity contribution in [2.75, 3.05) is 44.2 Å². The Morgan fingerprint density at radius 2 is 1.86 bits per heavy atom. The largest absolute Gasteiger partial charge is 0.481 e. The second-order valence-corrected chi connectivity index (χ2v) is 6.59. The fourth-order valence-electron chi connectivity index (χ4n) is 3.17. The molecule has 2 N–H and O–H groups in total. The van der Waals surface area contributed by atoms with E-state index in [1.54, 1.807) is 7.05 Å². The van der Waals surface area contributed by atoms with Crippen molar-refractivity contribution in [3.05, 3.63) is 51.9 Å². The van der Waals surface area contributed by atoms with Gasteiger partial charge in [0.15, 0.2) is 5.69 Å². The summed E-state index contributed by atoms with van der Waals surface area (Å²) in [5.41, 5.74) is -0.0899. The number of aliphatic hydroxyl groups excluding tert-OH is 1. The first-order chi connectivity index (χ1) is 13.5. The lowest BCUT2D eigenvalue weighted by Gasteiger charge is -2.35. The Morgan fingerprint density at radius 1 is 1.18 bits per heavy atom. The average Bonchev–Trinajstić information content (AvgIpc) is 2.70. The molecule has 2 aromatic rings. The standard InChI is InChI=1S/C19H24N4O5/c1-21-17(25)16(28-13-14-5-3-2-4-6-14)15(18(26)27)20-19(21)23-9-7-22(8-10-23)11-12-24/h2-6,24H,7-13H2,1H3,(H,26,27). The number of hydrogen-bond acceptors (Lipinski definition) is 7. The second-order valence-electron chi connectivity index (χ2n) is 6.59. The number of hydrogen-bond donors (Lipinski definition) is 2. The molecule has 0 unspecified atom stereocenters. The number of β-amino-alcohol motifs (C(OH)–C–C–N with tert-alkyl or cyclic N) is 1. The van der Waals surface area contributed by atoms with Crippen LogP contribution in [0.15, 0.2) is 35.1 Å². The van der Waals surface area contributed by atoms with Crippen LogP contribution in [0.25, 0.3) is 0 Å². The number of benzene rings is 1. The van der Waals surface area contributed by atoms with E-state index < -0.39 is 11.5 Å². The van der Waals surface area contributed by atoms with Crippen molar-refractivity contribution in [3.8, 4) is 5.75 Å². The van der Waals surface area contributed by atoms with E-state index in [0.717, 1.165) is 5.56 Å². The van der Waals surface area contributed by atoms with Crippen LogP contribution >= 0.6 is 0 Å². The zero-order chi connectivity index (χ0) is 20.1. The number of piperazine rings is 1. The molecule has 1 aromatic carbocycles. The van der Waals surface area contributed by atoms with E-state index >= 15 is 0 Å². The number of rotatable bonds is 7. The molecule has 1 saturated heterocycles. The van der Waals surface area contributed by atoms with Crippen LogP contribution in [0.2, 0.25) is 0 Å². The molecule has 28 heavy (non-hydrogen) atoms. The van der Waals surface area contributed by atoms with Crippen molar-refractivity contribution in [1.82, 2.24) is 14.5 Å². The van der Waals surface area contributed by atoms with E-state index in [-0.39, 0.29) is 24.7 Å². The molecule has 0 aliphatic carbocycles. The molecular weight excluding hydrogens is 364 g/mol. The number of carboxylic acid groups (broad SMARTS) is 1. The van der Waals surface area contributed by atoms with Crippen LogP contribution in [0.4, 0.5) is 5.95 Å². The molecule has 0 spiro atoms. The molecule has 1 aromatic heterocycles. The van der Waals surface area contributed by atoms with Crippen LogP contribution in [-0.2, 0) is 13.7 Å². The highest BCUT2D eigenvalue weighted by molar-refractivity contribution is 5.88. The Labute approximate surface area is 162 Å². The zero-order valence-electron chi connectivity index (χ0n) is 15.7. The first-order valence-electron chi connectivity index (χ1n) is 9.10. The first kappa shape index (κ1) is 19.8. The third-order valence-corrected chi connectivity index (χ3v) is 4.73. The molecule has 0 bridgehead atoms. The third-order valence-electron chi connectivity index (χ3n) is 4.73. The topological polar surface area (TPSA) is 108 Å². The maximum absolute atomic E-state index is 12.8. The van der Waals surface area contributed by atoms with Crippen LogP contribution < -0.4 is 15.2 Å². The van der Waals surface area contributed by atoms with Crippen molar-refractivity contribution >= 4 is 11.9 Å². The van der Waals surface area contributed by atoms with Crippen LogP contribution in [0.5, 0.6) is 5.75 Å². The van der Waals surface area contributed by atoms with Crippen molar-refractivity contribution in [3.63, 3.8) is 0 Å². The van der Waals surface area contributed by atoms with Gasteiger partial charge in [0.1, 0.15) is 6.61 Å². The molecule has 0 amide bonds. The van der Waals surface area contributed by atoms with Crippen molar-refractivity contribution in [2.24, 2.45) is 7.05 Å². The summed E-state index contributed by atoms with van der Waals surface area (Å²) in [5, 5.41) is 18.6. The molecule has 1 aliphatic rings. The number of aromatic carboxylic acids is 1. The summed E-state index contributed by atoms with van der Waals surface area (Å²) in [4.78, 5) is 32.7. The highest BCUT2D eigenvalue weighted by Crippen LogP contribution is 2.19. The molecule has 2 heterocycles. The fraction of sp³-hybridized carbons (Fsp3) is 0.421. The minimum atomic E-state index is -1.30. The number of carbonyl (C=O) groups is 1. The Balaban J connectivity index is 1.86. The molecule has 3 rings (SSSR count). The molecule has 1 fully saturated rings. The molecule has 150 valence electrons. The summed E-state index contributed by atoms with van der Waals surface area (Å²) < 4.78 is 6.88. The highest BCUT2D eigenvalue weighted by atomic mass is 16.5. The summed E-state index contributed by atoms with van der Waals surface area (Å²) in [5.74, 6) is -1.26. The number of aliphatic hydroxyl groups is 1. The van der Waals surface area contributed by atoms with Crippen LogP contribution in [0.1, 0.15) is 16.1 Å². The zero-order valence-corrected chi connectivity index (χ0v) is 15.7. The maximum atomic E-state index is 12.8. The molecule has 9 nitrogen and oxygen atoms in total. The minimum Gasteiger partial charge on any atom is -0.481 e. The molecule has 1 aliphatic heterocycles. The van der Waals surface area contributed by atoms with Crippen molar-refractivity contribution in [1.29, 1.82) is 0 Å². The summed E-state index contributed by atoms with van der Waals surface area (Å²) >= 11 is 0. The number of ether oxygens (including phenoxy) is 1. The van der Waals surface area contributed by atoms with Crippen LogP contribution in [0, 0.1) is 0 Å². The van der Waals surface area contributed by atoms with Gasteiger partial charge in [-0.15, -0.1) is 0 Å². The molecule has 9 heteroatoms. The Bertz CT molecular complexity index is 876. The van der Waals surface area contributed by atoms with E-state index in [1.165, 1.54) is 4.57 Å². The third kappa shape index (κ3) is 4.32. The van der Waals surface area contributed by atoms with Gasteiger partial charge in [-0.3, -0.25) is 14.3 Å². The predicted molar refractivity (Wildman–Crippen MR) is 103 cm³/mol. The first-order valence-corrected chi connectivity index (χ1v) is 9.10. The van der Waals surface area contributed by atoms with E-state index in [9.17, 15) is 14.7 Å². The molecular formula is C19H24N4O5. The lowest BCUT2D eigenvalue weighted by atomic mass is 10.2. The SMILES string of the molecule is Cn1c(N2CCN(CCO)CC2)nc(C(=O)O)c(OCc2ccccc2)c1=O. The van der Waals surface area contributed by atoms with Gasteiger partial charge >= 0.3 is 5.97 Å². The predicted octanol–water partition coefficient (Wildman–Crippen LogP) is 0.172. The number of aromatic nitrogens is 2. The van der Waals surface area contributed by atoms with Crippen molar-refractivity contribution < 1.29 is 19.7 Å². The smallest absolute Gasteiger partial charge is 0.358 e. The Hall–Kier alpha value is -2.91.